The number of amides is 2. The number of hydrogen-bond donors (Lipinski definition) is 2. The van der Waals surface area contributed by atoms with Crippen LogP contribution in [-0.4, -0.2) is 21.6 Å². The first-order valence-electron chi connectivity index (χ1n) is 8.94. The number of fused-ring (bicyclic) bond motifs is 1. The summed E-state index contributed by atoms with van der Waals surface area (Å²) in [4.78, 5) is 25.0. The number of carbonyl (C=O) groups excluding carboxylic acids is 2. The second kappa shape index (κ2) is 7.13. The molecule has 2 heterocycles. The number of aromatic nitrogens is 2. The Labute approximate surface area is 167 Å². The molecule has 0 bridgehead atoms. The molecule has 0 spiro atoms. The second-order valence-electron chi connectivity index (χ2n) is 6.89. The van der Waals surface area contributed by atoms with E-state index in [4.69, 9.17) is 11.6 Å². The lowest BCUT2D eigenvalue weighted by molar-refractivity contribution is -0.123. The first-order chi connectivity index (χ1) is 13.4. The summed E-state index contributed by atoms with van der Waals surface area (Å²) < 4.78 is 1.59. The summed E-state index contributed by atoms with van der Waals surface area (Å²) >= 11 is 6.10. The zero-order valence-electron chi connectivity index (χ0n) is 15.5. The molecule has 2 N–H and O–H groups in total. The number of nitrogens with zero attached hydrogens (tertiary/aromatic N) is 2. The zero-order valence-corrected chi connectivity index (χ0v) is 16.2. The summed E-state index contributed by atoms with van der Waals surface area (Å²) in [5, 5.41) is 10.6. The molecule has 2 aromatic carbocycles. The minimum Gasteiger partial charge on any atom is -0.326 e. The van der Waals surface area contributed by atoms with Crippen LogP contribution in [-0.2, 0) is 9.59 Å². The van der Waals surface area contributed by atoms with Crippen molar-refractivity contribution in [3.63, 3.8) is 0 Å². The van der Waals surface area contributed by atoms with E-state index >= 15 is 0 Å². The monoisotopic (exact) mass is 394 g/mol. The smallest absolute Gasteiger partial charge is 0.251 e. The highest BCUT2D eigenvalue weighted by molar-refractivity contribution is 6.31. The number of aryl methyl sites for hydroxylation is 1. The van der Waals surface area contributed by atoms with E-state index in [-0.39, 0.29) is 18.2 Å². The van der Waals surface area contributed by atoms with E-state index in [2.05, 4.69) is 15.7 Å². The van der Waals surface area contributed by atoms with Gasteiger partial charge >= 0.3 is 0 Å². The molecule has 3 aromatic rings. The Bertz CT molecular complexity index is 1070. The van der Waals surface area contributed by atoms with Gasteiger partial charge in [0.05, 0.1) is 12.6 Å². The van der Waals surface area contributed by atoms with Crippen LogP contribution in [0.1, 0.15) is 23.6 Å². The van der Waals surface area contributed by atoms with E-state index in [1.165, 1.54) is 0 Å². The van der Waals surface area contributed by atoms with Crippen molar-refractivity contribution in [2.45, 2.75) is 26.3 Å². The van der Waals surface area contributed by atoms with Crippen LogP contribution in [0, 0.1) is 13.8 Å². The van der Waals surface area contributed by atoms with Gasteiger partial charge < -0.3 is 10.6 Å². The van der Waals surface area contributed by atoms with Gasteiger partial charge in [-0.2, -0.15) is 5.10 Å². The molecule has 7 heteroatoms. The minimum atomic E-state index is -0.686. The molecule has 2 amide bonds. The predicted octanol–water partition coefficient (Wildman–Crippen LogP) is 4.34. The molecule has 1 atom stereocenters. The zero-order chi connectivity index (χ0) is 19.8. The Morgan fingerprint density at radius 3 is 2.71 bits per heavy atom. The Hall–Kier alpha value is -3.12. The van der Waals surface area contributed by atoms with Crippen LogP contribution >= 0.6 is 11.6 Å². The quantitative estimate of drug-likeness (QED) is 0.691. The van der Waals surface area contributed by atoms with Crippen molar-refractivity contribution in [1.29, 1.82) is 0 Å². The molecule has 1 aromatic heterocycles. The average molecular weight is 395 g/mol. The minimum absolute atomic E-state index is 0.0141. The third-order valence-electron chi connectivity index (χ3n) is 4.92. The van der Waals surface area contributed by atoms with Gasteiger partial charge in [-0.15, -0.1) is 0 Å². The largest absolute Gasteiger partial charge is 0.326 e. The van der Waals surface area contributed by atoms with Crippen molar-refractivity contribution in [3.05, 3.63) is 64.8 Å². The summed E-state index contributed by atoms with van der Waals surface area (Å²) in [5.41, 5.74) is 4.38. The molecular weight excluding hydrogens is 376 g/mol. The Balaban J connectivity index is 1.54. The number of benzene rings is 2. The third kappa shape index (κ3) is 3.27. The molecule has 1 aliphatic heterocycles. The van der Waals surface area contributed by atoms with E-state index in [0.717, 1.165) is 22.3 Å². The highest BCUT2D eigenvalue weighted by Crippen LogP contribution is 2.36. The molecule has 0 saturated heterocycles. The number of hydrogen-bond acceptors (Lipinski definition) is 3. The van der Waals surface area contributed by atoms with Crippen LogP contribution in [0.2, 0.25) is 5.02 Å². The van der Waals surface area contributed by atoms with Crippen LogP contribution in [0.15, 0.2) is 48.7 Å². The topological polar surface area (TPSA) is 76.0 Å². The van der Waals surface area contributed by atoms with Gasteiger partial charge in [-0.25, -0.2) is 4.68 Å². The lowest BCUT2D eigenvalue weighted by atomic mass is 10.1. The van der Waals surface area contributed by atoms with Crippen LogP contribution < -0.4 is 10.6 Å². The Morgan fingerprint density at radius 1 is 1.21 bits per heavy atom. The fourth-order valence-electron chi connectivity index (χ4n) is 3.28. The van der Waals surface area contributed by atoms with Gasteiger partial charge in [-0.05, 0) is 37.1 Å². The summed E-state index contributed by atoms with van der Waals surface area (Å²) in [5.74, 6) is 0.103. The fraction of sp³-hybridized carbons (Fsp3) is 0.190. The molecular formula is C21H19ClN4O2. The van der Waals surface area contributed by atoms with Crippen LogP contribution in [0.4, 0.5) is 11.5 Å². The first kappa shape index (κ1) is 18.3. The number of nitrogens with one attached hydrogen (secondary N) is 2. The van der Waals surface area contributed by atoms with Gasteiger partial charge in [0.25, 0.3) is 5.91 Å². The van der Waals surface area contributed by atoms with E-state index in [0.29, 0.717) is 16.5 Å². The maximum absolute atomic E-state index is 12.5. The average Bonchev–Trinajstić information content (AvgIpc) is 3.20. The number of carbonyl (C=O) groups is 2. The lowest BCUT2D eigenvalue weighted by Crippen LogP contribution is -2.23. The van der Waals surface area contributed by atoms with Crippen molar-refractivity contribution in [2.75, 3.05) is 10.6 Å². The van der Waals surface area contributed by atoms with Gasteiger partial charge in [0.1, 0.15) is 11.9 Å². The molecule has 0 saturated carbocycles. The molecule has 1 unspecified atom stereocenters. The van der Waals surface area contributed by atoms with Gasteiger partial charge in [-0.1, -0.05) is 47.5 Å². The van der Waals surface area contributed by atoms with Gasteiger partial charge in [0.2, 0.25) is 5.91 Å². The van der Waals surface area contributed by atoms with Crippen molar-refractivity contribution >= 4 is 34.9 Å². The van der Waals surface area contributed by atoms with Crippen molar-refractivity contribution < 1.29 is 9.59 Å². The molecule has 0 aliphatic carbocycles. The first-order valence-corrected chi connectivity index (χ1v) is 9.32. The maximum atomic E-state index is 12.5. The van der Waals surface area contributed by atoms with Crippen LogP contribution in [0.3, 0.4) is 0 Å². The molecule has 142 valence electrons. The molecule has 0 fully saturated rings. The molecule has 28 heavy (non-hydrogen) atoms. The molecule has 1 aliphatic rings. The maximum Gasteiger partial charge on any atom is 0.251 e. The number of halogens is 1. The SMILES string of the molecule is Cc1ccc(-c2cnn3c2NC(=O)C3CC(=O)Nc2cccc(Cl)c2C)cc1. The lowest BCUT2D eigenvalue weighted by Gasteiger charge is -2.12. The summed E-state index contributed by atoms with van der Waals surface area (Å²) in [6.45, 7) is 3.85. The molecule has 4 rings (SSSR count). The van der Waals surface area contributed by atoms with E-state index in [1.807, 2.05) is 38.1 Å². The van der Waals surface area contributed by atoms with Crippen molar-refractivity contribution in [3.8, 4) is 11.1 Å². The Morgan fingerprint density at radius 2 is 1.96 bits per heavy atom. The Kier molecular flexibility index (Phi) is 4.65. The standard InChI is InChI=1S/C21H19ClN4O2/c1-12-6-8-14(9-7-12)15-11-23-26-18(21(28)25-20(15)26)10-19(27)24-17-5-3-4-16(22)13(17)2/h3-9,11,18H,10H2,1-2H3,(H,24,27)(H,25,28). The summed E-state index contributed by atoms with van der Waals surface area (Å²) in [6.07, 6.45) is 1.70. The molecule has 6 nitrogen and oxygen atoms in total. The van der Waals surface area contributed by atoms with Gasteiger partial charge in [0, 0.05) is 16.3 Å². The van der Waals surface area contributed by atoms with Gasteiger partial charge in [-0.3, -0.25) is 9.59 Å². The van der Waals surface area contributed by atoms with Gasteiger partial charge in [0.15, 0.2) is 0 Å². The number of anilines is 2. The summed E-state index contributed by atoms with van der Waals surface area (Å²) in [6, 6.07) is 12.6. The van der Waals surface area contributed by atoms with E-state index in [1.54, 1.807) is 29.1 Å². The van der Waals surface area contributed by atoms with Crippen molar-refractivity contribution in [1.82, 2.24) is 9.78 Å². The van der Waals surface area contributed by atoms with Crippen LogP contribution in [0.5, 0.6) is 0 Å². The van der Waals surface area contributed by atoms with Crippen molar-refractivity contribution in [2.24, 2.45) is 0 Å². The van der Waals surface area contributed by atoms with Crippen LogP contribution in [0.25, 0.3) is 11.1 Å². The highest BCUT2D eigenvalue weighted by Gasteiger charge is 2.35. The number of rotatable bonds is 4. The van der Waals surface area contributed by atoms with E-state index in [9.17, 15) is 9.59 Å². The highest BCUT2D eigenvalue weighted by atomic mass is 35.5. The second-order valence-corrected chi connectivity index (χ2v) is 7.29. The summed E-state index contributed by atoms with van der Waals surface area (Å²) in [7, 11) is 0. The predicted molar refractivity (Wildman–Crippen MR) is 110 cm³/mol. The molecule has 0 radical (unpaired) electrons. The fourth-order valence-corrected chi connectivity index (χ4v) is 3.45. The van der Waals surface area contributed by atoms with E-state index < -0.39 is 6.04 Å². The third-order valence-corrected chi connectivity index (χ3v) is 5.33. The normalized spacial score (nSPS) is 15.2.